The summed E-state index contributed by atoms with van der Waals surface area (Å²) >= 11 is 0. The van der Waals surface area contributed by atoms with E-state index in [0.29, 0.717) is 0 Å². The van der Waals surface area contributed by atoms with Gasteiger partial charge in [0.25, 0.3) is 0 Å². The fourth-order valence-electron chi connectivity index (χ4n) is 3.87. The zero-order chi connectivity index (χ0) is 18.9. The van der Waals surface area contributed by atoms with Gasteiger partial charge in [0.1, 0.15) is 5.82 Å². The van der Waals surface area contributed by atoms with Crippen LogP contribution >= 0.6 is 24.0 Å². The monoisotopic (exact) mass is 500 g/mol. The standard InChI is InChI=1S/C21H36N6.HI/c1-18-8-13-27(14-9-18)20-7-6-19(16-24-20)17-25-21(22-2)23-10-15-26-11-4-3-5-12-26;/h6-7,16,18H,3-5,8-15,17H2,1-2H3,(H2,22,23,25);1H. The average Bonchev–Trinajstić information content (AvgIpc) is 2.72. The molecule has 0 aromatic carbocycles. The summed E-state index contributed by atoms with van der Waals surface area (Å²) in [7, 11) is 1.83. The molecule has 0 aliphatic carbocycles. The number of nitrogens with one attached hydrogen (secondary N) is 2. The van der Waals surface area contributed by atoms with Crippen LogP contribution < -0.4 is 15.5 Å². The summed E-state index contributed by atoms with van der Waals surface area (Å²) < 4.78 is 0. The lowest BCUT2D eigenvalue weighted by molar-refractivity contribution is 0.232. The van der Waals surface area contributed by atoms with E-state index in [1.54, 1.807) is 0 Å². The molecule has 3 rings (SSSR count). The molecule has 2 aliphatic rings. The molecule has 7 heteroatoms. The van der Waals surface area contributed by atoms with E-state index in [1.807, 2.05) is 13.2 Å². The third kappa shape index (κ3) is 7.39. The normalized spacial score (nSPS) is 19.2. The Labute approximate surface area is 187 Å². The van der Waals surface area contributed by atoms with Crippen LogP contribution in [-0.2, 0) is 6.54 Å². The maximum absolute atomic E-state index is 4.67. The largest absolute Gasteiger partial charge is 0.357 e. The summed E-state index contributed by atoms with van der Waals surface area (Å²) in [5, 5.41) is 6.82. The van der Waals surface area contributed by atoms with E-state index in [1.165, 1.54) is 50.8 Å². The lowest BCUT2D eigenvalue weighted by Gasteiger charge is -2.31. The molecule has 1 aromatic heterocycles. The summed E-state index contributed by atoms with van der Waals surface area (Å²) in [6.07, 6.45) is 8.59. The lowest BCUT2D eigenvalue weighted by atomic mass is 9.99. The van der Waals surface area contributed by atoms with Gasteiger partial charge in [0.05, 0.1) is 0 Å². The second-order valence-corrected chi connectivity index (χ2v) is 7.95. The Morgan fingerprint density at radius 3 is 2.50 bits per heavy atom. The average molecular weight is 500 g/mol. The number of hydrogen-bond donors (Lipinski definition) is 2. The Hall–Kier alpha value is -1.09. The minimum Gasteiger partial charge on any atom is -0.357 e. The predicted molar refractivity (Wildman–Crippen MR) is 129 cm³/mol. The second kappa shape index (κ2) is 12.5. The van der Waals surface area contributed by atoms with Gasteiger partial charge in [-0.2, -0.15) is 0 Å². The van der Waals surface area contributed by atoms with Crippen LogP contribution in [-0.4, -0.2) is 62.2 Å². The van der Waals surface area contributed by atoms with Crippen LogP contribution in [0.2, 0.25) is 0 Å². The van der Waals surface area contributed by atoms with Crippen LogP contribution in [0.3, 0.4) is 0 Å². The van der Waals surface area contributed by atoms with Crippen molar-refractivity contribution in [1.82, 2.24) is 20.5 Å². The lowest BCUT2D eigenvalue weighted by Crippen LogP contribution is -2.42. The quantitative estimate of drug-likeness (QED) is 0.357. The topological polar surface area (TPSA) is 55.8 Å². The van der Waals surface area contributed by atoms with Crippen molar-refractivity contribution >= 4 is 35.8 Å². The number of guanidine groups is 1. The molecule has 2 aliphatic heterocycles. The Balaban J connectivity index is 0.00000280. The molecule has 0 atom stereocenters. The van der Waals surface area contributed by atoms with Crippen molar-refractivity contribution in [3.05, 3.63) is 23.9 Å². The van der Waals surface area contributed by atoms with Gasteiger partial charge in [-0.05, 0) is 56.3 Å². The molecule has 6 nitrogen and oxygen atoms in total. The highest BCUT2D eigenvalue weighted by Gasteiger charge is 2.16. The Bertz CT molecular complexity index is 577. The van der Waals surface area contributed by atoms with Gasteiger partial charge in [-0.3, -0.25) is 4.99 Å². The highest BCUT2D eigenvalue weighted by Crippen LogP contribution is 2.21. The number of rotatable bonds is 6. The number of anilines is 1. The number of pyridine rings is 1. The maximum Gasteiger partial charge on any atom is 0.191 e. The fourth-order valence-corrected chi connectivity index (χ4v) is 3.87. The number of halogens is 1. The van der Waals surface area contributed by atoms with Gasteiger partial charge in [-0.25, -0.2) is 4.98 Å². The van der Waals surface area contributed by atoms with Crippen molar-refractivity contribution in [2.45, 2.75) is 45.6 Å². The maximum atomic E-state index is 4.67. The van der Waals surface area contributed by atoms with Gasteiger partial charge in [-0.15, -0.1) is 24.0 Å². The molecule has 0 unspecified atom stereocenters. The number of hydrogen-bond acceptors (Lipinski definition) is 4. The van der Waals surface area contributed by atoms with Crippen LogP contribution in [0.15, 0.2) is 23.3 Å². The van der Waals surface area contributed by atoms with Crippen LogP contribution in [0, 0.1) is 5.92 Å². The van der Waals surface area contributed by atoms with Crippen molar-refractivity contribution in [2.75, 3.05) is 51.2 Å². The molecule has 0 amide bonds. The fraction of sp³-hybridized carbons (Fsp3) is 0.714. The van der Waals surface area contributed by atoms with Gasteiger partial charge in [0.2, 0.25) is 0 Å². The molecule has 158 valence electrons. The van der Waals surface area contributed by atoms with Crippen molar-refractivity contribution in [3.63, 3.8) is 0 Å². The molecule has 0 radical (unpaired) electrons. The molecule has 2 N–H and O–H groups in total. The molecule has 2 fully saturated rings. The molecule has 0 saturated carbocycles. The Kier molecular flexibility index (Phi) is 10.3. The van der Waals surface area contributed by atoms with E-state index in [9.17, 15) is 0 Å². The van der Waals surface area contributed by atoms with Crippen LogP contribution in [0.25, 0.3) is 0 Å². The van der Waals surface area contributed by atoms with Crippen molar-refractivity contribution in [1.29, 1.82) is 0 Å². The first-order chi connectivity index (χ1) is 13.2. The molecule has 0 bridgehead atoms. The van der Waals surface area contributed by atoms with E-state index in [2.05, 4.69) is 49.5 Å². The molecule has 3 heterocycles. The van der Waals surface area contributed by atoms with E-state index in [0.717, 1.165) is 50.4 Å². The summed E-state index contributed by atoms with van der Waals surface area (Å²) in [6, 6.07) is 4.33. The molecular weight excluding hydrogens is 463 g/mol. The van der Waals surface area contributed by atoms with Crippen molar-refractivity contribution in [3.8, 4) is 0 Å². The SMILES string of the molecule is CN=C(NCCN1CCCCC1)NCc1ccc(N2CCC(C)CC2)nc1.I. The third-order valence-corrected chi connectivity index (χ3v) is 5.77. The zero-order valence-electron chi connectivity index (χ0n) is 17.5. The van der Waals surface area contributed by atoms with Crippen LogP contribution in [0.5, 0.6) is 0 Å². The van der Waals surface area contributed by atoms with Gasteiger partial charge < -0.3 is 20.4 Å². The van der Waals surface area contributed by atoms with Gasteiger partial charge in [0, 0.05) is 46.0 Å². The summed E-state index contributed by atoms with van der Waals surface area (Å²) in [6.45, 7) is 9.83. The van der Waals surface area contributed by atoms with Crippen molar-refractivity contribution in [2.24, 2.45) is 10.9 Å². The minimum absolute atomic E-state index is 0. The summed E-state index contributed by atoms with van der Waals surface area (Å²) in [4.78, 5) is 13.9. The van der Waals surface area contributed by atoms with Gasteiger partial charge >= 0.3 is 0 Å². The summed E-state index contributed by atoms with van der Waals surface area (Å²) in [5.74, 6) is 2.81. The third-order valence-electron chi connectivity index (χ3n) is 5.77. The first-order valence-electron chi connectivity index (χ1n) is 10.6. The molecule has 2 saturated heterocycles. The summed E-state index contributed by atoms with van der Waals surface area (Å²) in [5.41, 5.74) is 1.18. The number of piperidine rings is 2. The van der Waals surface area contributed by atoms with Crippen LogP contribution in [0.4, 0.5) is 5.82 Å². The minimum atomic E-state index is 0. The van der Waals surface area contributed by atoms with Crippen LogP contribution in [0.1, 0.15) is 44.6 Å². The number of aliphatic imine (C=N–C) groups is 1. The Morgan fingerprint density at radius 2 is 1.86 bits per heavy atom. The van der Waals surface area contributed by atoms with E-state index < -0.39 is 0 Å². The first kappa shape index (κ1) is 23.2. The second-order valence-electron chi connectivity index (χ2n) is 7.95. The number of aromatic nitrogens is 1. The number of nitrogens with zero attached hydrogens (tertiary/aromatic N) is 4. The molecule has 1 aromatic rings. The van der Waals surface area contributed by atoms with E-state index in [-0.39, 0.29) is 24.0 Å². The van der Waals surface area contributed by atoms with Gasteiger partial charge in [0.15, 0.2) is 5.96 Å². The molecule has 0 spiro atoms. The smallest absolute Gasteiger partial charge is 0.191 e. The van der Waals surface area contributed by atoms with Gasteiger partial charge in [-0.1, -0.05) is 19.4 Å². The Morgan fingerprint density at radius 1 is 1.11 bits per heavy atom. The first-order valence-corrected chi connectivity index (χ1v) is 10.6. The highest BCUT2D eigenvalue weighted by atomic mass is 127. The zero-order valence-corrected chi connectivity index (χ0v) is 19.8. The predicted octanol–water partition coefficient (Wildman–Crippen LogP) is 3.09. The van der Waals surface area contributed by atoms with E-state index >= 15 is 0 Å². The van der Waals surface area contributed by atoms with E-state index in [4.69, 9.17) is 0 Å². The highest BCUT2D eigenvalue weighted by molar-refractivity contribution is 14.0. The van der Waals surface area contributed by atoms with Crippen molar-refractivity contribution < 1.29 is 0 Å². The molecular formula is C21H37IN6. The number of likely N-dealkylation sites (tertiary alicyclic amines) is 1. The molecule has 28 heavy (non-hydrogen) atoms.